The second kappa shape index (κ2) is 11.8. The summed E-state index contributed by atoms with van der Waals surface area (Å²) in [6, 6.07) is 2.76. The van der Waals surface area contributed by atoms with E-state index in [9.17, 15) is 14.4 Å². The number of carbonyl (C=O) groups excluding carboxylic acids is 3. The highest BCUT2D eigenvalue weighted by molar-refractivity contribution is 6.43. The van der Waals surface area contributed by atoms with Crippen molar-refractivity contribution in [3.05, 3.63) is 27.2 Å². The molecular formula is C16H18Cl3NO6. The SMILES string of the molecule is CCOC(=O)CCCNC(=O)COC(=O)COc1cc(Cl)c(Cl)cc1Cl. The van der Waals surface area contributed by atoms with Gasteiger partial charge in [0.05, 0.1) is 21.7 Å². The monoisotopic (exact) mass is 425 g/mol. The highest BCUT2D eigenvalue weighted by atomic mass is 35.5. The van der Waals surface area contributed by atoms with Crippen LogP contribution in [0.3, 0.4) is 0 Å². The van der Waals surface area contributed by atoms with Gasteiger partial charge in [0.25, 0.3) is 5.91 Å². The number of amides is 1. The first kappa shape index (κ1) is 22.3. The van der Waals surface area contributed by atoms with E-state index < -0.39 is 25.1 Å². The van der Waals surface area contributed by atoms with Crippen LogP contribution < -0.4 is 10.1 Å². The molecule has 1 aromatic carbocycles. The molecule has 0 saturated heterocycles. The lowest BCUT2D eigenvalue weighted by Gasteiger charge is -2.09. The van der Waals surface area contributed by atoms with Crippen molar-refractivity contribution in [2.75, 3.05) is 26.4 Å². The first-order valence-corrected chi connectivity index (χ1v) is 8.82. The maximum atomic E-state index is 11.6. The summed E-state index contributed by atoms with van der Waals surface area (Å²) in [6.45, 7) is 1.39. The molecule has 0 unspecified atom stereocenters. The average molecular weight is 427 g/mol. The predicted octanol–water partition coefficient (Wildman–Crippen LogP) is 3.03. The van der Waals surface area contributed by atoms with Gasteiger partial charge in [-0.15, -0.1) is 0 Å². The fourth-order valence-electron chi connectivity index (χ4n) is 1.68. The summed E-state index contributed by atoms with van der Waals surface area (Å²) in [5.74, 6) is -1.41. The lowest BCUT2D eigenvalue weighted by molar-refractivity contribution is -0.150. The third kappa shape index (κ3) is 8.60. The Labute approximate surface area is 165 Å². The van der Waals surface area contributed by atoms with Gasteiger partial charge < -0.3 is 19.5 Å². The van der Waals surface area contributed by atoms with Crippen molar-refractivity contribution in [2.45, 2.75) is 19.8 Å². The van der Waals surface area contributed by atoms with Gasteiger partial charge in [0.1, 0.15) is 5.75 Å². The molecule has 0 heterocycles. The smallest absolute Gasteiger partial charge is 0.344 e. The van der Waals surface area contributed by atoms with Crippen LogP contribution in [0.25, 0.3) is 0 Å². The molecule has 1 rings (SSSR count). The Bertz CT molecular complexity index is 653. The van der Waals surface area contributed by atoms with Crippen molar-refractivity contribution in [1.29, 1.82) is 0 Å². The third-order valence-electron chi connectivity index (χ3n) is 2.87. The average Bonchev–Trinajstić information content (AvgIpc) is 2.59. The molecule has 7 nitrogen and oxygen atoms in total. The first-order valence-electron chi connectivity index (χ1n) is 7.68. The number of esters is 2. The molecule has 1 aromatic rings. The molecule has 0 aromatic heterocycles. The number of rotatable bonds is 10. The normalized spacial score (nSPS) is 10.2. The van der Waals surface area contributed by atoms with Gasteiger partial charge in [0.2, 0.25) is 0 Å². The highest BCUT2D eigenvalue weighted by Gasteiger charge is 2.12. The van der Waals surface area contributed by atoms with E-state index in [2.05, 4.69) is 5.32 Å². The van der Waals surface area contributed by atoms with E-state index in [0.717, 1.165) is 0 Å². The van der Waals surface area contributed by atoms with E-state index in [4.69, 9.17) is 49.0 Å². The maximum Gasteiger partial charge on any atom is 0.344 e. The summed E-state index contributed by atoms with van der Waals surface area (Å²) in [5, 5.41) is 3.18. The van der Waals surface area contributed by atoms with Gasteiger partial charge in [0, 0.05) is 19.0 Å². The minimum absolute atomic E-state index is 0.168. The van der Waals surface area contributed by atoms with Gasteiger partial charge in [0.15, 0.2) is 13.2 Å². The van der Waals surface area contributed by atoms with E-state index in [-0.39, 0.29) is 39.8 Å². The molecule has 144 valence electrons. The molecule has 0 radical (unpaired) electrons. The minimum atomic E-state index is -0.756. The van der Waals surface area contributed by atoms with Gasteiger partial charge in [-0.2, -0.15) is 0 Å². The quantitative estimate of drug-likeness (QED) is 0.351. The Morgan fingerprint density at radius 3 is 2.35 bits per heavy atom. The molecule has 0 spiro atoms. The van der Waals surface area contributed by atoms with Gasteiger partial charge in [-0.25, -0.2) is 4.79 Å². The molecule has 0 aliphatic carbocycles. The summed E-state index contributed by atoms with van der Waals surface area (Å²) >= 11 is 17.5. The van der Waals surface area contributed by atoms with Crippen molar-refractivity contribution in [3.63, 3.8) is 0 Å². The second-order valence-corrected chi connectivity index (χ2v) is 6.13. The minimum Gasteiger partial charge on any atom is -0.480 e. The molecule has 0 fully saturated rings. The summed E-state index contributed by atoms with van der Waals surface area (Å²) in [5.41, 5.74) is 0. The summed E-state index contributed by atoms with van der Waals surface area (Å²) < 4.78 is 14.7. The Kier molecular flexibility index (Phi) is 10.2. The van der Waals surface area contributed by atoms with E-state index >= 15 is 0 Å². The predicted molar refractivity (Wildman–Crippen MR) is 96.8 cm³/mol. The second-order valence-electron chi connectivity index (χ2n) is 4.90. The van der Waals surface area contributed by atoms with Crippen LogP contribution in [0.1, 0.15) is 19.8 Å². The van der Waals surface area contributed by atoms with Crippen LogP contribution in [0, 0.1) is 0 Å². The van der Waals surface area contributed by atoms with Crippen LogP contribution in [0.4, 0.5) is 0 Å². The summed E-state index contributed by atoms with van der Waals surface area (Å²) in [7, 11) is 0. The molecular weight excluding hydrogens is 409 g/mol. The fraction of sp³-hybridized carbons (Fsp3) is 0.438. The van der Waals surface area contributed by atoms with E-state index in [1.54, 1.807) is 6.92 Å². The topological polar surface area (TPSA) is 90.9 Å². The molecule has 26 heavy (non-hydrogen) atoms. The Morgan fingerprint density at radius 2 is 1.65 bits per heavy atom. The van der Waals surface area contributed by atoms with Crippen molar-refractivity contribution < 1.29 is 28.6 Å². The van der Waals surface area contributed by atoms with Crippen LogP contribution in [0.5, 0.6) is 5.75 Å². The Morgan fingerprint density at radius 1 is 0.962 bits per heavy atom. The summed E-state index contributed by atoms with van der Waals surface area (Å²) in [6.07, 6.45) is 0.629. The molecule has 0 aliphatic rings. The highest BCUT2D eigenvalue weighted by Crippen LogP contribution is 2.33. The molecule has 0 bridgehead atoms. The van der Waals surface area contributed by atoms with Crippen molar-refractivity contribution in [2.24, 2.45) is 0 Å². The van der Waals surface area contributed by atoms with Crippen LogP contribution in [0.2, 0.25) is 15.1 Å². The number of hydrogen-bond donors (Lipinski definition) is 1. The van der Waals surface area contributed by atoms with Gasteiger partial charge >= 0.3 is 11.9 Å². The number of nitrogens with one attached hydrogen (secondary N) is 1. The fourth-order valence-corrected chi connectivity index (χ4v) is 2.28. The van der Waals surface area contributed by atoms with Crippen molar-refractivity contribution in [1.82, 2.24) is 5.32 Å². The van der Waals surface area contributed by atoms with Crippen LogP contribution in [0.15, 0.2) is 12.1 Å². The first-order chi connectivity index (χ1) is 12.3. The number of halogens is 3. The zero-order valence-corrected chi connectivity index (χ0v) is 16.2. The lowest BCUT2D eigenvalue weighted by Crippen LogP contribution is -2.30. The lowest BCUT2D eigenvalue weighted by atomic mass is 10.3. The van der Waals surface area contributed by atoms with Crippen molar-refractivity contribution >= 4 is 52.6 Å². The Hall–Kier alpha value is -1.70. The molecule has 0 atom stereocenters. The molecule has 1 N–H and O–H groups in total. The van der Waals surface area contributed by atoms with Crippen LogP contribution in [-0.4, -0.2) is 44.2 Å². The maximum absolute atomic E-state index is 11.6. The zero-order chi connectivity index (χ0) is 19.5. The molecule has 0 saturated carbocycles. The van der Waals surface area contributed by atoms with Crippen LogP contribution >= 0.6 is 34.8 Å². The number of ether oxygens (including phenoxy) is 3. The Balaban J connectivity index is 2.22. The van der Waals surface area contributed by atoms with E-state index in [1.807, 2.05) is 0 Å². The number of benzene rings is 1. The number of hydrogen-bond acceptors (Lipinski definition) is 6. The van der Waals surface area contributed by atoms with Crippen molar-refractivity contribution in [3.8, 4) is 5.75 Å². The largest absolute Gasteiger partial charge is 0.480 e. The molecule has 0 aliphatic heterocycles. The van der Waals surface area contributed by atoms with E-state index in [1.165, 1.54) is 12.1 Å². The van der Waals surface area contributed by atoms with E-state index in [0.29, 0.717) is 13.0 Å². The summed E-state index contributed by atoms with van der Waals surface area (Å²) in [4.78, 5) is 34.2. The zero-order valence-electron chi connectivity index (χ0n) is 14.0. The van der Waals surface area contributed by atoms with Gasteiger partial charge in [-0.1, -0.05) is 34.8 Å². The van der Waals surface area contributed by atoms with Gasteiger partial charge in [-0.05, 0) is 19.4 Å². The van der Waals surface area contributed by atoms with Crippen LogP contribution in [-0.2, 0) is 23.9 Å². The third-order valence-corrected chi connectivity index (χ3v) is 3.89. The number of carbonyl (C=O) groups is 3. The van der Waals surface area contributed by atoms with Gasteiger partial charge in [-0.3, -0.25) is 9.59 Å². The molecule has 1 amide bonds. The standard InChI is InChI=1S/C16H18Cl3NO6/c1-2-24-15(22)4-3-5-20-14(21)8-26-16(23)9-25-13-7-11(18)10(17)6-12(13)19/h6-7H,2-5,8-9H2,1H3,(H,20,21). The molecule has 10 heteroatoms.